The molecule has 1 atom stereocenters. The van der Waals surface area contributed by atoms with Gasteiger partial charge in [0.15, 0.2) is 11.1 Å². The second-order valence-electron chi connectivity index (χ2n) is 4.03. The van der Waals surface area contributed by atoms with Gasteiger partial charge in [-0.2, -0.15) is 0 Å². The molecule has 0 radical (unpaired) electrons. The summed E-state index contributed by atoms with van der Waals surface area (Å²) in [5, 5.41) is 0. The summed E-state index contributed by atoms with van der Waals surface area (Å²) < 4.78 is 3.56. The summed E-state index contributed by atoms with van der Waals surface area (Å²) in [4.78, 5) is 11.9. The molecule has 0 N–H and O–H groups in total. The quantitative estimate of drug-likeness (QED) is 0.692. The van der Waals surface area contributed by atoms with Gasteiger partial charge in [0.1, 0.15) is 0 Å². The third kappa shape index (κ3) is 3.01. The van der Waals surface area contributed by atoms with E-state index < -0.39 is 26.3 Å². The maximum absolute atomic E-state index is 11.8. The van der Waals surface area contributed by atoms with E-state index in [9.17, 15) is 4.79 Å². The molecule has 0 saturated carbocycles. The number of halogens is 5. The molecule has 1 saturated heterocycles. The Morgan fingerprint density at radius 1 is 1.44 bits per heavy atom. The zero-order chi connectivity index (χ0) is 12.7. The maximum Gasteiger partial charge on any atom is 0.258 e. The fourth-order valence-corrected chi connectivity index (χ4v) is 2.20. The van der Waals surface area contributed by atoms with Gasteiger partial charge in [0, 0.05) is 0 Å². The molecule has 1 aliphatic rings. The lowest BCUT2D eigenvalue weighted by molar-refractivity contribution is -0.137. The van der Waals surface area contributed by atoms with E-state index in [0.717, 1.165) is 0 Å². The zero-order valence-corrected chi connectivity index (χ0v) is 12.3. The smallest absolute Gasteiger partial charge is 0.258 e. The van der Waals surface area contributed by atoms with E-state index in [1.54, 1.807) is 13.8 Å². The van der Waals surface area contributed by atoms with Crippen molar-refractivity contribution in [2.24, 2.45) is 0 Å². The van der Waals surface area contributed by atoms with E-state index in [4.69, 9.17) is 62.7 Å². The lowest BCUT2D eigenvalue weighted by Gasteiger charge is -2.36. The van der Waals surface area contributed by atoms with E-state index in [-0.39, 0.29) is 6.61 Å². The van der Waals surface area contributed by atoms with Crippen molar-refractivity contribution in [1.29, 1.82) is 0 Å². The molecule has 1 fully saturated rings. The van der Waals surface area contributed by atoms with Crippen molar-refractivity contribution in [3.8, 4) is 0 Å². The maximum atomic E-state index is 11.8. The van der Waals surface area contributed by atoms with Crippen LogP contribution in [0.3, 0.4) is 0 Å². The molecule has 1 unspecified atom stereocenters. The minimum atomic E-state index is -1.74. The van der Waals surface area contributed by atoms with E-state index in [0.29, 0.717) is 0 Å². The van der Waals surface area contributed by atoms with Crippen LogP contribution in [0.2, 0.25) is 0 Å². The Bertz CT molecular complexity index is 289. The third-order valence-corrected chi connectivity index (χ3v) is 3.12. The highest BCUT2D eigenvalue weighted by molar-refractivity contribution is 6.68. The average molecular weight is 329 g/mol. The zero-order valence-electron chi connectivity index (χ0n) is 8.52. The second kappa shape index (κ2) is 4.87. The van der Waals surface area contributed by atoms with Crippen LogP contribution in [-0.2, 0) is 9.53 Å². The Labute approximate surface area is 119 Å². The first kappa shape index (κ1) is 14.9. The Morgan fingerprint density at radius 3 is 2.31 bits per heavy atom. The normalized spacial score (nSPS) is 25.2. The summed E-state index contributed by atoms with van der Waals surface area (Å²) in [7, 11) is 0. The Hall–Kier alpha value is 0.880. The fraction of sp³-hybridized carbons (Fsp3) is 0.875. The van der Waals surface area contributed by atoms with Gasteiger partial charge in [-0.3, -0.25) is 4.79 Å². The molecular formula is C8H10Cl5NO2. The molecule has 1 aliphatic heterocycles. The largest absolute Gasteiger partial charge is 0.351 e. The van der Waals surface area contributed by atoms with Gasteiger partial charge in [-0.1, -0.05) is 58.0 Å². The topological polar surface area (TPSA) is 29.5 Å². The van der Waals surface area contributed by atoms with Crippen LogP contribution in [0.4, 0.5) is 0 Å². The molecule has 1 amide bonds. The van der Waals surface area contributed by atoms with Crippen molar-refractivity contribution in [3.63, 3.8) is 0 Å². The number of hydrogen-bond donors (Lipinski definition) is 0. The van der Waals surface area contributed by atoms with Crippen LogP contribution in [-0.4, -0.2) is 37.8 Å². The summed E-state index contributed by atoms with van der Waals surface area (Å²) in [6.45, 7) is 3.80. The van der Waals surface area contributed by atoms with Crippen LogP contribution >= 0.6 is 58.0 Å². The highest BCUT2D eigenvalue weighted by atomic mass is 35.6. The predicted octanol–water partition coefficient (Wildman–Crippen LogP) is 3.12. The standard InChI is InChI=1S/C8H10Cl5NO2/c1-7(2)3-16-6(8(11,12)13)14(7)5(15)4(9)10/h4,6H,3H2,1-2H3. The van der Waals surface area contributed by atoms with Crippen LogP contribution in [0.1, 0.15) is 13.8 Å². The van der Waals surface area contributed by atoms with Gasteiger partial charge >= 0.3 is 0 Å². The molecule has 0 aromatic heterocycles. The number of ether oxygens (including phenoxy) is 1. The summed E-state index contributed by atoms with van der Waals surface area (Å²) in [6.07, 6.45) is -0.986. The fourth-order valence-electron chi connectivity index (χ4n) is 1.50. The van der Waals surface area contributed by atoms with Crippen molar-refractivity contribution in [2.75, 3.05) is 6.61 Å². The molecule has 3 nitrogen and oxygen atoms in total. The molecule has 0 aliphatic carbocycles. The minimum absolute atomic E-state index is 0.248. The van der Waals surface area contributed by atoms with Crippen LogP contribution in [0.15, 0.2) is 0 Å². The molecule has 8 heteroatoms. The van der Waals surface area contributed by atoms with E-state index >= 15 is 0 Å². The number of amides is 1. The first-order valence-corrected chi connectivity index (χ1v) is 6.37. The van der Waals surface area contributed by atoms with Gasteiger partial charge < -0.3 is 9.64 Å². The Kier molecular flexibility index (Phi) is 4.54. The van der Waals surface area contributed by atoms with E-state index in [1.807, 2.05) is 0 Å². The van der Waals surface area contributed by atoms with Crippen molar-refractivity contribution >= 4 is 63.9 Å². The highest BCUT2D eigenvalue weighted by Gasteiger charge is 2.52. The van der Waals surface area contributed by atoms with Crippen molar-refractivity contribution < 1.29 is 9.53 Å². The van der Waals surface area contributed by atoms with Crippen molar-refractivity contribution in [2.45, 2.75) is 34.2 Å². The van der Waals surface area contributed by atoms with Crippen LogP contribution in [0, 0.1) is 0 Å². The lowest BCUT2D eigenvalue weighted by atomic mass is 10.1. The summed E-state index contributed by atoms with van der Waals surface area (Å²) in [5.41, 5.74) is -0.617. The molecular weight excluding hydrogens is 319 g/mol. The number of nitrogens with zero attached hydrogens (tertiary/aromatic N) is 1. The van der Waals surface area contributed by atoms with Crippen molar-refractivity contribution in [1.82, 2.24) is 4.90 Å². The first-order valence-electron chi connectivity index (χ1n) is 4.37. The van der Waals surface area contributed by atoms with Gasteiger partial charge in [0.2, 0.25) is 3.79 Å². The van der Waals surface area contributed by atoms with Gasteiger partial charge in [-0.05, 0) is 13.8 Å². The second-order valence-corrected chi connectivity index (χ2v) is 7.49. The van der Waals surface area contributed by atoms with Crippen LogP contribution in [0.5, 0.6) is 0 Å². The van der Waals surface area contributed by atoms with Gasteiger partial charge in [0.05, 0.1) is 12.1 Å². The number of carbonyl (C=O) groups excluding carboxylic acids is 1. The molecule has 0 spiro atoms. The minimum Gasteiger partial charge on any atom is -0.351 e. The summed E-state index contributed by atoms with van der Waals surface area (Å²) in [6, 6.07) is 0. The number of hydrogen-bond acceptors (Lipinski definition) is 2. The first-order chi connectivity index (χ1) is 7.07. The Morgan fingerprint density at radius 2 is 1.94 bits per heavy atom. The lowest BCUT2D eigenvalue weighted by Crippen LogP contribution is -2.53. The van der Waals surface area contributed by atoms with E-state index in [1.165, 1.54) is 4.90 Å². The van der Waals surface area contributed by atoms with E-state index in [2.05, 4.69) is 0 Å². The predicted molar refractivity (Wildman–Crippen MR) is 66.4 cm³/mol. The molecule has 94 valence electrons. The average Bonchev–Trinajstić information content (AvgIpc) is 2.38. The van der Waals surface area contributed by atoms with Crippen molar-refractivity contribution in [3.05, 3.63) is 0 Å². The molecule has 0 aromatic carbocycles. The van der Waals surface area contributed by atoms with Gasteiger partial charge in [-0.15, -0.1) is 0 Å². The monoisotopic (exact) mass is 327 g/mol. The van der Waals surface area contributed by atoms with Crippen LogP contribution in [0.25, 0.3) is 0 Å². The molecule has 16 heavy (non-hydrogen) atoms. The number of carbonyl (C=O) groups is 1. The highest BCUT2D eigenvalue weighted by Crippen LogP contribution is 2.41. The molecule has 0 aromatic rings. The molecule has 1 rings (SSSR count). The molecule has 0 bridgehead atoms. The summed E-state index contributed by atoms with van der Waals surface area (Å²) in [5.74, 6) is -0.540. The number of rotatable bonds is 1. The third-order valence-electron chi connectivity index (χ3n) is 2.19. The molecule has 1 heterocycles. The Balaban J connectivity index is 3.02. The van der Waals surface area contributed by atoms with Crippen LogP contribution < -0.4 is 0 Å². The van der Waals surface area contributed by atoms with Gasteiger partial charge in [0.25, 0.3) is 5.91 Å². The number of alkyl halides is 5. The van der Waals surface area contributed by atoms with Gasteiger partial charge in [-0.25, -0.2) is 0 Å². The summed E-state index contributed by atoms with van der Waals surface area (Å²) >= 11 is 28.3. The SMILES string of the molecule is CC1(C)COC(C(Cl)(Cl)Cl)N1C(=O)C(Cl)Cl.